The van der Waals surface area contributed by atoms with Gasteiger partial charge < -0.3 is 57.4 Å². The highest BCUT2D eigenvalue weighted by Crippen LogP contribution is 2.07. The molecule has 5 atom stereocenters. The third-order valence-electron chi connectivity index (χ3n) is 7.18. The third-order valence-corrected chi connectivity index (χ3v) is 7.18. The topological polar surface area (TPSA) is 344 Å². The number of rotatable bonds is 24. The maximum absolute atomic E-state index is 13.1. The number of carbonyl (C=O) groups excluding carboxylic acids is 5. The molecule has 1 aromatic carbocycles. The van der Waals surface area contributed by atoms with Gasteiger partial charge in [-0.25, -0.2) is 19.2 Å². The second-order valence-corrected chi connectivity index (χ2v) is 12.0. The number of aliphatic carboxylic acids is 5. The molecule has 0 aliphatic carbocycles. The van der Waals surface area contributed by atoms with Crippen molar-refractivity contribution in [1.82, 2.24) is 31.9 Å². The van der Waals surface area contributed by atoms with E-state index in [1.165, 1.54) is 0 Å². The van der Waals surface area contributed by atoms with Gasteiger partial charge in [-0.1, -0.05) is 30.3 Å². The summed E-state index contributed by atoms with van der Waals surface area (Å²) < 4.78 is 0. The number of urea groups is 1. The van der Waals surface area contributed by atoms with Crippen LogP contribution < -0.4 is 31.9 Å². The molecule has 0 saturated heterocycles. The van der Waals surface area contributed by atoms with Gasteiger partial charge in [0.25, 0.3) is 0 Å². The van der Waals surface area contributed by atoms with Gasteiger partial charge in [-0.2, -0.15) is 0 Å². The van der Waals surface area contributed by atoms with Crippen molar-refractivity contribution in [2.75, 3.05) is 0 Å². The molecule has 6 amide bonds. The molecule has 0 heterocycles. The van der Waals surface area contributed by atoms with Crippen LogP contribution in [0, 0.1) is 0 Å². The Morgan fingerprint density at radius 2 is 0.943 bits per heavy atom. The predicted molar refractivity (Wildman–Crippen MR) is 179 cm³/mol. The monoisotopic (exact) mass is 752 g/mol. The standard InChI is InChI=1S/C32H44N6O15/c1-16(2)33-27(45)21(14-17-6-4-3-5-7-17)36-28(46)22(15-26(43)44)35-24(40)11-8-18(29(47)48)34-23(39)12-9-19(30(49)50)37-32(53)38-20(31(51)52)10-13-25(41)42/h3-7,16,18-22H,8-15H2,1-2H3,(H,33,45)(H,34,39)(H,35,40)(H,36,46)(H,41,42)(H,43,44)(H,47,48)(H,49,50)(H,51,52)(H2,37,38,53)/t18-,19?,20-,21-,22-/m0/s1. The van der Waals surface area contributed by atoms with Crippen molar-refractivity contribution in [3.05, 3.63) is 35.9 Å². The van der Waals surface area contributed by atoms with Gasteiger partial charge in [-0.15, -0.1) is 0 Å². The highest BCUT2D eigenvalue weighted by Gasteiger charge is 2.30. The van der Waals surface area contributed by atoms with Gasteiger partial charge in [0.15, 0.2) is 0 Å². The van der Waals surface area contributed by atoms with Crippen molar-refractivity contribution >= 4 is 59.5 Å². The lowest BCUT2D eigenvalue weighted by molar-refractivity contribution is -0.143. The molecule has 0 saturated carbocycles. The van der Waals surface area contributed by atoms with Crippen LogP contribution in [0.15, 0.2) is 30.3 Å². The van der Waals surface area contributed by atoms with Crippen LogP contribution in [0.4, 0.5) is 4.79 Å². The first-order valence-electron chi connectivity index (χ1n) is 16.2. The Kier molecular flexibility index (Phi) is 19.0. The van der Waals surface area contributed by atoms with Gasteiger partial charge >= 0.3 is 35.9 Å². The maximum atomic E-state index is 13.1. The van der Waals surface area contributed by atoms with Crippen LogP contribution in [-0.2, 0) is 49.6 Å². The molecule has 0 spiro atoms. The van der Waals surface area contributed by atoms with Crippen molar-refractivity contribution in [2.45, 2.75) is 101 Å². The number of nitrogens with one attached hydrogen (secondary N) is 6. The van der Waals surface area contributed by atoms with E-state index in [-0.39, 0.29) is 12.5 Å². The van der Waals surface area contributed by atoms with E-state index in [2.05, 4.69) is 21.3 Å². The van der Waals surface area contributed by atoms with Gasteiger partial charge in [-0.05, 0) is 38.7 Å². The normalized spacial score (nSPS) is 13.5. The lowest BCUT2D eigenvalue weighted by Gasteiger charge is -2.23. The minimum absolute atomic E-state index is 0.0368. The number of hydrogen-bond acceptors (Lipinski definition) is 10. The summed E-state index contributed by atoms with van der Waals surface area (Å²) in [5.74, 6) is -11.2. The van der Waals surface area contributed by atoms with Crippen molar-refractivity contribution in [2.24, 2.45) is 0 Å². The Bertz CT molecular complexity index is 1500. The number of hydrogen-bond donors (Lipinski definition) is 11. The summed E-state index contributed by atoms with van der Waals surface area (Å²) in [7, 11) is 0. The second kappa shape index (κ2) is 22.5. The number of benzene rings is 1. The summed E-state index contributed by atoms with van der Waals surface area (Å²) in [5.41, 5.74) is 0.677. The number of carboxylic acid groups (broad SMARTS) is 5. The van der Waals surface area contributed by atoms with Crippen LogP contribution in [0.2, 0.25) is 0 Å². The molecule has 11 N–H and O–H groups in total. The van der Waals surface area contributed by atoms with Crippen LogP contribution in [0.3, 0.4) is 0 Å². The number of carboxylic acids is 5. The molecule has 21 nitrogen and oxygen atoms in total. The summed E-state index contributed by atoms with van der Waals surface area (Å²) in [5, 5.41) is 59.5. The fourth-order valence-corrected chi connectivity index (χ4v) is 4.58. The molecule has 53 heavy (non-hydrogen) atoms. The van der Waals surface area contributed by atoms with E-state index in [0.29, 0.717) is 5.56 Å². The summed E-state index contributed by atoms with van der Waals surface area (Å²) in [6, 6.07) is -0.941. The molecule has 1 rings (SSSR count). The molecule has 21 heteroatoms. The highest BCUT2D eigenvalue weighted by atomic mass is 16.4. The fraction of sp³-hybridized carbons (Fsp3) is 0.500. The van der Waals surface area contributed by atoms with Gasteiger partial charge in [-0.3, -0.25) is 28.8 Å². The van der Waals surface area contributed by atoms with E-state index in [0.717, 1.165) is 0 Å². The molecule has 292 valence electrons. The van der Waals surface area contributed by atoms with Crippen LogP contribution >= 0.6 is 0 Å². The molecule has 1 aromatic rings. The number of carbonyl (C=O) groups is 10. The molecule has 0 radical (unpaired) electrons. The van der Waals surface area contributed by atoms with Crippen LogP contribution in [0.1, 0.15) is 64.4 Å². The zero-order chi connectivity index (χ0) is 40.2. The summed E-state index contributed by atoms with van der Waals surface area (Å²) >= 11 is 0. The molecule has 0 aliphatic rings. The van der Waals surface area contributed by atoms with Crippen LogP contribution in [0.25, 0.3) is 0 Å². The lowest BCUT2D eigenvalue weighted by Crippen LogP contribution is -2.55. The van der Waals surface area contributed by atoms with E-state index in [1.54, 1.807) is 44.2 Å². The first kappa shape index (κ1) is 44.7. The Morgan fingerprint density at radius 3 is 1.38 bits per heavy atom. The molecular weight excluding hydrogens is 708 g/mol. The fourth-order valence-electron chi connectivity index (χ4n) is 4.58. The van der Waals surface area contributed by atoms with Gasteiger partial charge in [0.1, 0.15) is 30.2 Å². The molecule has 0 aromatic heterocycles. The summed E-state index contributed by atoms with van der Waals surface area (Å²) in [6.45, 7) is 3.39. The van der Waals surface area contributed by atoms with Gasteiger partial charge in [0.05, 0.1) is 6.42 Å². The van der Waals surface area contributed by atoms with Crippen molar-refractivity contribution in [3.8, 4) is 0 Å². The smallest absolute Gasteiger partial charge is 0.326 e. The summed E-state index contributed by atoms with van der Waals surface area (Å²) in [4.78, 5) is 120. The zero-order valence-electron chi connectivity index (χ0n) is 28.8. The van der Waals surface area contributed by atoms with E-state index < -0.39 is 135 Å². The van der Waals surface area contributed by atoms with Crippen molar-refractivity contribution in [3.63, 3.8) is 0 Å². The highest BCUT2D eigenvalue weighted by molar-refractivity contribution is 5.94. The Hall–Kier alpha value is -6.28. The summed E-state index contributed by atoms with van der Waals surface area (Å²) in [6.07, 6.45) is -4.42. The first-order valence-corrected chi connectivity index (χ1v) is 16.2. The minimum atomic E-state index is -1.76. The Balaban J connectivity index is 2.85. The van der Waals surface area contributed by atoms with Gasteiger partial charge in [0, 0.05) is 31.7 Å². The maximum Gasteiger partial charge on any atom is 0.326 e. The van der Waals surface area contributed by atoms with Crippen molar-refractivity contribution < 1.29 is 73.5 Å². The average Bonchev–Trinajstić information content (AvgIpc) is 3.05. The first-order chi connectivity index (χ1) is 24.8. The second-order valence-electron chi connectivity index (χ2n) is 12.0. The Labute approximate surface area is 302 Å². The van der Waals surface area contributed by atoms with E-state index in [1.807, 2.05) is 10.6 Å². The average molecular weight is 753 g/mol. The van der Waals surface area contributed by atoms with Gasteiger partial charge in [0.2, 0.25) is 23.6 Å². The minimum Gasteiger partial charge on any atom is -0.481 e. The molecule has 0 bridgehead atoms. The van der Waals surface area contributed by atoms with Crippen LogP contribution in [-0.4, -0.2) is 121 Å². The quantitative estimate of drug-likeness (QED) is 0.0566. The third kappa shape index (κ3) is 18.5. The number of amides is 6. The molecule has 0 fully saturated rings. The van der Waals surface area contributed by atoms with Crippen molar-refractivity contribution in [1.29, 1.82) is 0 Å². The molecular formula is C32H44N6O15. The SMILES string of the molecule is CC(C)NC(=O)[C@H](Cc1ccccc1)NC(=O)[C@H](CC(=O)O)NC(=O)CC[C@H](NC(=O)CCC(NC(=O)N[C@@H](CCC(=O)O)C(=O)O)C(=O)O)C(=O)O. The van der Waals surface area contributed by atoms with E-state index >= 15 is 0 Å². The van der Waals surface area contributed by atoms with E-state index in [4.69, 9.17) is 10.2 Å². The molecule has 1 unspecified atom stereocenters. The molecule has 0 aliphatic heterocycles. The zero-order valence-corrected chi connectivity index (χ0v) is 28.8. The largest absolute Gasteiger partial charge is 0.481 e. The van der Waals surface area contributed by atoms with E-state index in [9.17, 15) is 63.3 Å². The Morgan fingerprint density at radius 1 is 0.509 bits per heavy atom. The lowest BCUT2D eigenvalue weighted by atomic mass is 10.0. The predicted octanol–water partition coefficient (Wildman–Crippen LogP) is -1.60. The van der Waals surface area contributed by atoms with Crippen LogP contribution in [0.5, 0.6) is 0 Å².